The summed E-state index contributed by atoms with van der Waals surface area (Å²) in [5, 5.41) is 1.10. The molecule has 234 valence electrons. The molecular weight excluding hydrogens is 588 g/mol. The van der Waals surface area contributed by atoms with E-state index in [0.717, 1.165) is 28.4 Å². The second kappa shape index (κ2) is 14.3. The van der Waals surface area contributed by atoms with Crippen LogP contribution in [0.15, 0.2) is 53.9 Å². The zero-order valence-corrected chi connectivity index (χ0v) is 26.5. The van der Waals surface area contributed by atoms with E-state index in [1.807, 2.05) is 60.5 Å². The van der Waals surface area contributed by atoms with Crippen LogP contribution < -0.4 is 20.4 Å². The highest BCUT2D eigenvalue weighted by molar-refractivity contribution is 8.13. The number of hydrogen-bond acceptors (Lipinski definition) is 9. The maximum atomic E-state index is 12.9. The molecule has 0 aliphatic heterocycles. The number of nitrogens with one attached hydrogen (secondary N) is 2. The Morgan fingerprint density at radius 2 is 1.64 bits per heavy atom. The number of aryl methyl sites for hydroxylation is 1. The zero-order chi connectivity index (χ0) is 32.0. The molecule has 2 aromatic heterocycles. The number of thioether (sulfide) groups is 1. The molecule has 0 fully saturated rings. The number of rotatable bonds is 10. The zero-order valence-electron chi connectivity index (χ0n) is 25.7. The third-order valence-corrected chi connectivity index (χ3v) is 7.44. The minimum atomic E-state index is -0.885. The average Bonchev–Trinajstić information content (AvgIpc) is 3.58. The Morgan fingerprint density at radius 3 is 2.25 bits per heavy atom. The summed E-state index contributed by atoms with van der Waals surface area (Å²) in [7, 11) is 5.28. The molecule has 14 heteroatoms. The van der Waals surface area contributed by atoms with Gasteiger partial charge in [0, 0.05) is 61.6 Å². The predicted molar refractivity (Wildman–Crippen MR) is 166 cm³/mol. The topological polar surface area (TPSA) is 138 Å². The highest BCUT2D eigenvalue weighted by Crippen LogP contribution is 2.42. The standard InChI is InChI=1S/C30H36N6O7S/c1-8-40-32-28(37)42-25-16-26(43-29(38)33-41-9-2)21(15-20(25)18(3)4)24-17-31-27(44-30(39)34(5)6)36(24)23-12-10-11-22-19(23)13-14-35(22)7/h10-18H,8-9H2,1-7H3,(H,32,37)(H,33,38). The fourth-order valence-electron chi connectivity index (χ4n) is 4.39. The van der Waals surface area contributed by atoms with Crippen LogP contribution in [-0.4, -0.2) is 63.8 Å². The van der Waals surface area contributed by atoms with Crippen molar-refractivity contribution in [2.24, 2.45) is 7.05 Å². The molecular formula is C30H36N6O7S. The summed E-state index contributed by atoms with van der Waals surface area (Å²) in [6, 6.07) is 11.1. The summed E-state index contributed by atoms with van der Waals surface area (Å²) >= 11 is 0.965. The van der Waals surface area contributed by atoms with E-state index in [9.17, 15) is 14.4 Å². The Kier molecular flexibility index (Phi) is 10.5. The van der Waals surface area contributed by atoms with Crippen LogP contribution in [0, 0.1) is 0 Å². The number of imidazole rings is 1. The number of aromatic nitrogens is 3. The maximum Gasteiger partial charge on any atom is 0.436 e. The number of carbonyl (C=O) groups is 3. The molecule has 2 N–H and O–H groups in total. The minimum Gasteiger partial charge on any atom is -0.408 e. The first-order valence-electron chi connectivity index (χ1n) is 13.9. The largest absolute Gasteiger partial charge is 0.436 e. The van der Waals surface area contributed by atoms with Crippen molar-refractivity contribution in [1.29, 1.82) is 0 Å². The van der Waals surface area contributed by atoms with Gasteiger partial charge in [-0.05, 0) is 49.6 Å². The van der Waals surface area contributed by atoms with E-state index in [4.69, 9.17) is 19.1 Å². The lowest BCUT2D eigenvalue weighted by molar-refractivity contribution is 0.0526. The lowest BCUT2D eigenvalue weighted by Gasteiger charge is -2.20. The number of hydrogen-bond donors (Lipinski definition) is 2. The van der Waals surface area contributed by atoms with Gasteiger partial charge in [0.1, 0.15) is 11.5 Å². The van der Waals surface area contributed by atoms with Gasteiger partial charge in [-0.25, -0.2) is 14.6 Å². The number of amides is 3. The maximum absolute atomic E-state index is 12.9. The lowest BCUT2D eigenvalue weighted by Crippen LogP contribution is -2.28. The van der Waals surface area contributed by atoms with Gasteiger partial charge in [0.05, 0.1) is 30.8 Å². The van der Waals surface area contributed by atoms with Crippen LogP contribution >= 0.6 is 11.8 Å². The SMILES string of the molecule is CCONC(=O)Oc1cc(OC(=O)NOCC)c(C(C)C)cc1-c1cnc(SC(=O)N(C)C)n1-c1cccc2c1ccn2C. The summed E-state index contributed by atoms with van der Waals surface area (Å²) in [5.41, 5.74) is 7.79. The van der Waals surface area contributed by atoms with Crippen molar-refractivity contribution in [3.05, 3.63) is 54.4 Å². The lowest BCUT2D eigenvalue weighted by atomic mass is 9.97. The smallest absolute Gasteiger partial charge is 0.408 e. The highest BCUT2D eigenvalue weighted by atomic mass is 32.2. The number of nitrogens with zero attached hydrogens (tertiary/aromatic N) is 4. The van der Waals surface area contributed by atoms with Gasteiger partial charge in [-0.2, -0.15) is 11.0 Å². The van der Waals surface area contributed by atoms with E-state index in [0.29, 0.717) is 22.0 Å². The number of hydroxylamine groups is 2. The molecule has 4 rings (SSSR count). The molecule has 2 aromatic carbocycles. The van der Waals surface area contributed by atoms with Gasteiger partial charge in [-0.3, -0.25) is 19.0 Å². The van der Waals surface area contributed by atoms with E-state index in [1.54, 1.807) is 40.2 Å². The van der Waals surface area contributed by atoms with Crippen molar-refractivity contribution >= 4 is 40.1 Å². The summed E-state index contributed by atoms with van der Waals surface area (Å²) in [6.07, 6.45) is 1.84. The van der Waals surface area contributed by atoms with Gasteiger partial charge in [0.25, 0.3) is 5.24 Å². The first-order chi connectivity index (χ1) is 21.0. The van der Waals surface area contributed by atoms with E-state index >= 15 is 0 Å². The molecule has 0 radical (unpaired) electrons. The summed E-state index contributed by atoms with van der Waals surface area (Å²) < 4.78 is 15.1. The minimum absolute atomic E-state index is 0.0580. The first-order valence-corrected chi connectivity index (χ1v) is 14.8. The van der Waals surface area contributed by atoms with Crippen molar-refractivity contribution in [2.75, 3.05) is 27.3 Å². The number of fused-ring (bicyclic) bond motifs is 1. The van der Waals surface area contributed by atoms with Crippen molar-refractivity contribution < 1.29 is 33.5 Å². The monoisotopic (exact) mass is 624 g/mol. The number of benzene rings is 2. The molecule has 0 aliphatic carbocycles. The molecule has 0 spiro atoms. The Balaban J connectivity index is 1.97. The van der Waals surface area contributed by atoms with Crippen molar-refractivity contribution in [3.63, 3.8) is 0 Å². The van der Waals surface area contributed by atoms with Gasteiger partial charge in [0.2, 0.25) is 0 Å². The van der Waals surface area contributed by atoms with Crippen LogP contribution in [0.2, 0.25) is 0 Å². The third kappa shape index (κ3) is 7.15. The Hall–Kier alpha value is -4.53. The molecule has 0 bridgehead atoms. The highest BCUT2D eigenvalue weighted by Gasteiger charge is 2.26. The van der Waals surface area contributed by atoms with Crippen LogP contribution in [0.4, 0.5) is 14.4 Å². The molecule has 13 nitrogen and oxygen atoms in total. The molecule has 0 aliphatic rings. The first kappa shape index (κ1) is 32.4. The van der Waals surface area contributed by atoms with Crippen molar-refractivity contribution in [2.45, 2.75) is 38.8 Å². The predicted octanol–water partition coefficient (Wildman–Crippen LogP) is 6.01. The van der Waals surface area contributed by atoms with Crippen molar-refractivity contribution in [1.82, 2.24) is 30.0 Å². The molecule has 2 heterocycles. The number of ether oxygens (including phenoxy) is 2. The molecule has 3 amide bonds. The van der Waals surface area contributed by atoms with Gasteiger partial charge >= 0.3 is 12.2 Å². The molecule has 0 saturated carbocycles. The molecule has 0 saturated heterocycles. The van der Waals surface area contributed by atoms with E-state index in [1.165, 1.54) is 11.0 Å². The van der Waals surface area contributed by atoms with Crippen LogP contribution in [0.3, 0.4) is 0 Å². The second-order valence-electron chi connectivity index (χ2n) is 10.1. The quantitative estimate of drug-likeness (QED) is 0.161. The van der Waals surface area contributed by atoms with Crippen LogP contribution in [0.1, 0.15) is 39.2 Å². The number of carbonyl (C=O) groups excluding carboxylic acids is 3. The van der Waals surface area contributed by atoms with Gasteiger partial charge in [-0.1, -0.05) is 19.9 Å². The van der Waals surface area contributed by atoms with E-state index in [-0.39, 0.29) is 35.9 Å². The van der Waals surface area contributed by atoms with Gasteiger partial charge in [-0.15, -0.1) is 0 Å². The third-order valence-electron chi connectivity index (χ3n) is 6.43. The Labute approximate surface area is 259 Å². The molecule has 44 heavy (non-hydrogen) atoms. The van der Waals surface area contributed by atoms with E-state index in [2.05, 4.69) is 15.9 Å². The van der Waals surface area contributed by atoms with Crippen LogP contribution in [0.25, 0.3) is 27.8 Å². The Bertz CT molecular complexity index is 1660. The van der Waals surface area contributed by atoms with Crippen LogP contribution in [-0.2, 0) is 16.7 Å². The molecule has 0 atom stereocenters. The summed E-state index contributed by atoms with van der Waals surface area (Å²) in [5.74, 6) is 0.101. The fraction of sp³-hybridized carbons (Fsp3) is 0.333. The Morgan fingerprint density at radius 1 is 0.977 bits per heavy atom. The van der Waals surface area contributed by atoms with Gasteiger partial charge in [0.15, 0.2) is 5.16 Å². The molecule has 4 aromatic rings. The average molecular weight is 625 g/mol. The van der Waals surface area contributed by atoms with Crippen LogP contribution in [0.5, 0.6) is 11.5 Å². The molecule has 0 unspecified atom stereocenters. The van der Waals surface area contributed by atoms with Gasteiger partial charge < -0.3 is 18.9 Å². The summed E-state index contributed by atoms with van der Waals surface area (Å²) in [6.45, 7) is 7.76. The second-order valence-corrected chi connectivity index (χ2v) is 11.0. The normalized spacial score (nSPS) is 11.1. The fourth-order valence-corrected chi connectivity index (χ4v) is 5.12. The summed E-state index contributed by atoms with van der Waals surface area (Å²) in [4.78, 5) is 54.1. The van der Waals surface area contributed by atoms with E-state index < -0.39 is 12.2 Å². The van der Waals surface area contributed by atoms with Crippen molar-refractivity contribution in [3.8, 4) is 28.4 Å².